The van der Waals surface area contributed by atoms with E-state index in [2.05, 4.69) is 14.5 Å². The van der Waals surface area contributed by atoms with Crippen LogP contribution in [-0.4, -0.2) is 49.1 Å². The van der Waals surface area contributed by atoms with E-state index in [1.54, 1.807) is 20.0 Å². The third-order valence-electron chi connectivity index (χ3n) is 3.32. The van der Waals surface area contributed by atoms with Crippen LogP contribution in [-0.2, 0) is 17.1 Å². The molecule has 0 aromatic heterocycles. The van der Waals surface area contributed by atoms with Gasteiger partial charge in [-0.1, -0.05) is 12.1 Å². The van der Waals surface area contributed by atoms with Crippen LogP contribution < -0.4 is 15.0 Å². The normalized spacial score (nSPS) is 12.0. The molecule has 0 aliphatic carbocycles. The Bertz CT molecular complexity index is 840. The van der Waals surface area contributed by atoms with E-state index in [0.717, 1.165) is 5.69 Å². The summed E-state index contributed by atoms with van der Waals surface area (Å²) in [5.41, 5.74) is 1.87. The van der Waals surface area contributed by atoms with Gasteiger partial charge in [-0.2, -0.15) is 0 Å². The number of hydrogen-bond acceptors (Lipinski definition) is 7. The van der Waals surface area contributed by atoms with Crippen LogP contribution in [0.15, 0.2) is 48.5 Å². The van der Waals surface area contributed by atoms with Gasteiger partial charge in [0.2, 0.25) is 0 Å². The molecule has 0 spiro atoms. The largest absolute Gasteiger partial charge is 0.462 e. The Morgan fingerprint density at radius 1 is 1.11 bits per heavy atom. The molecule has 1 amide bonds. The van der Waals surface area contributed by atoms with Crippen molar-refractivity contribution in [2.24, 2.45) is 0 Å². The Morgan fingerprint density at radius 3 is 2.21 bits per heavy atom. The van der Waals surface area contributed by atoms with Gasteiger partial charge >= 0.3 is 94.4 Å². The van der Waals surface area contributed by atoms with Crippen molar-refractivity contribution >= 4 is 41.8 Å². The number of amides is 1. The Hall–Kier alpha value is -2.58. The van der Waals surface area contributed by atoms with Gasteiger partial charge in [-0.05, 0) is 19.1 Å². The summed E-state index contributed by atoms with van der Waals surface area (Å²) < 4.78 is 28.7. The zero-order valence-electron chi connectivity index (χ0n) is 15.7. The summed E-state index contributed by atoms with van der Waals surface area (Å²) in [6, 6.07) is 12.8. The molecule has 152 valence electrons. The second kappa shape index (κ2) is 11.3. The van der Waals surface area contributed by atoms with E-state index in [9.17, 15) is 13.3 Å². The summed E-state index contributed by atoms with van der Waals surface area (Å²) in [6.07, 6.45) is 0. The van der Waals surface area contributed by atoms with Crippen LogP contribution in [0.1, 0.15) is 24.2 Å². The van der Waals surface area contributed by atoms with Crippen molar-refractivity contribution in [3.63, 3.8) is 0 Å². The van der Waals surface area contributed by atoms with E-state index in [1.165, 1.54) is 31.2 Å². The summed E-state index contributed by atoms with van der Waals surface area (Å²) in [6.45, 7) is 3.54. The van der Waals surface area contributed by atoms with Crippen molar-refractivity contribution in [2.45, 2.75) is 13.8 Å². The Morgan fingerprint density at radius 2 is 1.71 bits per heavy atom. The van der Waals surface area contributed by atoms with E-state index >= 15 is 0 Å². The van der Waals surface area contributed by atoms with Crippen LogP contribution in [0, 0.1) is 0 Å². The Kier molecular flexibility index (Phi) is 9.47. The van der Waals surface area contributed by atoms with E-state index in [4.69, 9.17) is 14.1 Å². The van der Waals surface area contributed by atoms with Crippen molar-refractivity contribution in [3.05, 3.63) is 54.1 Å². The van der Waals surface area contributed by atoms with E-state index in [0.29, 0.717) is 17.9 Å². The number of anilines is 2. The first-order valence-electron chi connectivity index (χ1n) is 8.23. The second-order valence-electron chi connectivity index (χ2n) is 5.35. The smallest absolute Gasteiger partial charge is 0.340 e. The van der Waals surface area contributed by atoms with Crippen LogP contribution in [0.3, 0.4) is 0 Å². The van der Waals surface area contributed by atoms with E-state index < -0.39 is 14.2 Å². The minimum absolute atomic E-state index is 0.00438. The van der Waals surface area contributed by atoms with Gasteiger partial charge in [0.1, 0.15) is 0 Å². The number of esters is 1. The molecule has 0 fully saturated rings. The molecule has 4 N–H and O–H groups in total. The standard InChI is InChI=1S/C10H13NO2.C8H10AsNO5/c1-3-13-10(12)8-6-4-5-7-9(8)11-2;1-6(11)10-8-4-2-7(3-5-8)9(12,13)15-14/h4-7,11H,3H2,1-2H3;2-5,14H,1H3,(H,10,11)(H,12,13). The predicted octanol–water partition coefficient (Wildman–Crippen LogP) is 1.61. The van der Waals surface area contributed by atoms with Crippen LogP contribution in [0.2, 0.25) is 0 Å². The number of ether oxygens (including phenoxy) is 1. The molecular weight excluding hydrogens is 431 g/mol. The fourth-order valence-corrected chi connectivity index (χ4v) is 3.37. The van der Waals surface area contributed by atoms with E-state index in [1.807, 2.05) is 18.2 Å². The molecule has 28 heavy (non-hydrogen) atoms. The Labute approximate surface area is 165 Å². The summed E-state index contributed by atoms with van der Waals surface area (Å²) >= 11 is -4.76. The molecule has 2 aromatic carbocycles. The van der Waals surface area contributed by atoms with Gasteiger partial charge < -0.3 is 10.1 Å². The monoisotopic (exact) mass is 454 g/mol. The molecule has 0 heterocycles. The topological polar surface area (TPSA) is 134 Å². The van der Waals surface area contributed by atoms with Crippen molar-refractivity contribution in [3.8, 4) is 0 Å². The quantitative estimate of drug-likeness (QED) is 0.224. The third kappa shape index (κ3) is 7.20. The first-order valence-corrected chi connectivity index (χ1v) is 11.5. The van der Waals surface area contributed by atoms with Crippen LogP contribution in [0.5, 0.6) is 0 Å². The number of rotatable bonds is 6. The molecule has 2 rings (SSSR count). The minimum Gasteiger partial charge on any atom is -0.462 e. The zero-order chi connectivity index (χ0) is 21.2. The molecule has 2 aromatic rings. The molecule has 1 unspecified atom stereocenters. The number of carbonyl (C=O) groups is 2. The van der Waals surface area contributed by atoms with Crippen LogP contribution in [0.25, 0.3) is 0 Å². The average Bonchev–Trinajstić information content (AvgIpc) is 2.68. The molecule has 0 saturated carbocycles. The van der Waals surface area contributed by atoms with E-state index in [-0.39, 0.29) is 16.2 Å². The molecule has 0 saturated heterocycles. The first-order chi connectivity index (χ1) is 13.2. The summed E-state index contributed by atoms with van der Waals surface area (Å²) in [7, 11) is 1.78. The molecule has 9 nitrogen and oxygen atoms in total. The number of hydrogen-bond donors (Lipinski definition) is 4. The number of nitrogens with one attached hydrogen (secondary N) is 2. The molecule has 0 bridgehead atoms. The van der Waals surface area contributed by atoms with Crippen molar-refractivity contribution in [1.29, 1.82) is 0 Å². The summed E-state index contributed by atoms with van der Waals surface area (Å²) in [5.74, 6) is -0.522. The molecule has 0 radical (unpaired) electrons. The van der Waals surface area contributed by atoms with Crippen molar-refractivity contribution < 1.29 is 31.3 Å². The molecule has 10 heteroatoms. The van der Waals surface area contributed by atoms with Crippen LogP contribution >= 0.6 is 0 Å². The fourth-order valence-electron chi connectivity index (χ4n) is 2.07. The molecule has 0 aliphatic heterocycles. The number of benzene rings is 2. The molecule has 0 aliphatic rings. The zero-order valence-corrected chi connectivity index (χ0v) is 17.6. The van der Waals surface area contributed by atoms with Gasteiger partial charge in [0.15, 0.2) is 0 Å². The third-order valence-corrected chi connectivity index (χ3v) is 5.78. The second-order valence-corrected chi connectivity index (χ2v) is 8.96. The predicted molar refractivity (Wildman–Crippen MR) is 105 cm³/mol. The first kappa shape index (κ1) is 23.5. The van der Waals surface area contributed by atoms with Gasteiger partial charge in [-0.25, -0.2) is 4.79 Å². The van der Waals surface area contributed by atoms with Gasteiger partial charge in [-0.3, -0.25) is 0 Å². The Balaban J connectivity index is 0.000000283. The average molecular weight is 454 g/mol. The summed E-state index contributed by atoms with van der Waals surface area (Å²) in [4.78, 5) is 22.0. The molecular formula is C18H23AsN2O7. The van der Waals surface area contributed by atoms with Gasteiger partial charge in [0.05, 0.1) is 12.2 Å². The maximum absolute atomic E-state index is 11.4. The van der Waals surface area contributed by atoms with Gasteiger partial charge in [0, 0.05) is 12.7 Å². The summed E-state index contributed by atoms with van der Waals surface area (Å²) in [5, 5.41) is 13.6. The number of carbonyl (C=O) groups excluding carboxylic acids is 2. The number of para-hydroxylation sites is 1. The SMILES string of the molecule is CC(=O)Nc1ccc([As](=O)(O)OO)cc1.CCOC(=O)c1ccccc1NC. The van der Waals surface area contributed by atoms with Crippen LogP contribution in [0.4, 0.5) is 11.4 Å². The maximum Gasteiger partial charge on any atom is 0.340 e. The van der Waals surface area contributed by atoms with Crippen molar-refractivity contribution in [2.75, 3.05) is 24.3 Å². The molecule has 1 atom stereocenters. The van der Waals surface area contributed by atoms with Crippen molar-refractivity contribution in [1.82, 2.24) is 0 Å². The maximum atomic E-state index is 11.4. The fraction of sp³-hybridized carbons (Fsp3) is 0.222. The van der Waals surface area contributed by atoms with Gasteiger partial charge in [0.25, 0.3) is 0 Å². The van der Waals surface area contributed by atoms with Gasteiger partial charge in [-0.15, -0.1) is 0 Å². The minimum atomic E-state index is -4.76.